The zero-order valence-corrected chi connectivity index (χ0v) is 19.0. The van der Waals surface area contributed by atoms with Gasteiger partial charge in [-0.25, -0.2) is 4.98 Å². The molecule has 0 spiro atoms. The molecule has 0 unspecified atom stereocenters. The molecule has 0 bridgehead atoms. The molecule has 4 aromatic rings. The van der Waals surface area contributed by atoms with Gasteiger partial charge in [-0.3, -0.25) is 4.79 Å². The average molecular weight is 500 g/mol. The van der Waals surface area contributed by atoms with Crippen molar-refractivity contribution in [2.24, 2.45) is 0 Å². The number of alkyl halides is 3. The van der Waals surface area contributed by atoms with E-state index in [-0.39, 0.29) is 17.0 Å². The summed E-state index contributed by atoms with van der Waals surface area (Å²) in [5, 5.41) is 0.585. The van der Waals surface area contributed by atoms with E-state index in [1.807, 2.05) is 0 Å². The molecule has 0 aliphatic carbocycles. The number of para-hydroxylation sites is 1. The quantitative estimate of drug-likeness (QED) is 0.252. The summed E-state index contributed by atoms with van der Waals surface area (Å²) < 4.78 is 67.3. The van der Waals surface area contributed by atoms with Crippen LogP contribution in [-0.4, -0.2) is 36.4 Å². The van der Waals surface area contributed by atoms with E-state index in [0.29, 0.717) is 27.7 Å². The largest absolute Gasteiger partial charge is 0.525 e. The molecule has 0 N–H and O–H groups in total. The van der Waals surface area contributed by atoms with Crippen LogP contribution < -0.4 is 0 Å². The Morgan fingerprint density at radius 3 is 2.14 bits per heavy atom. The van der Waals surface area contributed by atoms with Crippen LogP contribution in [0.5, 0.6) is 0 Å². The summed E-state index contributed by atoms with van der Waals surface area (Å²) in [6.07, 6.45) is 0.0640. The third-order valence-corrected chi connectivity index (χ3v) is 6.10. The van der Waals surface area contributed by atoms with Gasteiger partial charge in [-0.1, -0.05) is 78.9 Å². The van der Waals surface area contributed by atoms with Crippen LogP contribution in [-0.2, 0) is 20.8 Å². The Bertz CT molecular complexity index is 1440. The lowest BCUT2D eigenvalue weighted by atomic mass is 10.0. The van der Waals surface area contributed by atoms with Crippen molar-refractivity contribution in [1.82, 2.24) is 10.0 Å². The van der Waals surface area contributed by atoms with Crippen LogP contribution in [0.4, 0.5) is 13.2 Å². The molecular formula is C25H19F3N2O4S. The molecular weight excluding hydrogens is 481 g/mol. The number of aromatic nitrogens is 1. The van der Waals surface area contributed by atoms with Gasteiger partial charge in [0.05, 0.1) is 23.3 Å². The van der Waals surface area contributed by atoms with Crippen LogP contribution in [0.25, 0.3) is 22.2 Å². The zero-order valence-electron chi connectivity index (χ0n) is 18.1. The van der Waals surface area contributed by atoms with E-state index in [0.717, 1.165) is 0 Å². The van der Waals surface area contributed by atoms with Crippen LogP contribution in [0.2, 0.25) is 0 Å². The van der Waals surface area contributed by atoms with Crippen molar-refractivity contribution in [2.75, 3.05) is 6.54 Å². The van der Waals surface area contributed by atoms with Gasteiger partial charge in [-0.15, -0.1) is 4.28 Å². The minimum atomic E-state index is -6.08. The predicted molar refractivity (Wildman–Crippen MR) is 124 cm³/mol. The zero-order chi connectivity index (χ0) is 25.1. The molecule has 1 heterocycles. The van der Waals surface area contributed by atoms with Gasteiger partial charge in [0.25, 0.3) is 5.91 Å². The van der Waals surface area contributed by atoms with Gasteiger partial charge in [-0.05, 0) is 24.1 Å². The first-order valence-electron chi connectivity index (χ1n) is 10.5. The highest BCUT2D eigenvalue weighted by atomic mass is 32.2. The fourth-order valence-corrected chi connectivity index (χ4v) is 3.92. The number of carbonyl (C=O) groups is 1. The summed E-state index contributed by atoms with van der Waals surface area (Å²) in [5.41, 5.74) is -3.57. The van der Waals surface area contributed by atoms with E-state index >= 15 is 0 Å². The van der Waals surface area contributed by atoms with Crippen molar-refractivity contribution in [3.63, 3.8) is 0 Å². The van der Waals surface area contributed by atoms with Gasteiger partial charge in [-0.2, -0.15) is 26.7 Å². The van der Waals surface area contributed by atoms with Gasteiger partial charge >= 0.3 is 15.6 Å². The number of rotatable bonds is 7. The molecule has 0 aliphatic heterocycles. The first-order valence-corrected chi connectivity index (χ1v) is 11.9. The number of pyridine rings is 1. The van der Waals surface area contributed by atoms with E-state index < -0.39 is 28.1 Å². The molecule has 0 fully saturated rings. The maximum absolute atomic E-state index is 13.5. The number of amides is 1. The summed E-state index contributed by atoms with van der Waals surface area (Å²) >= 11 is 0. The van der Waals surface area contributed by atoms with Crippen molar-refractivity contribution in [1.29, 1.82) is 0 Å². The summed E-state index contributed by atoms with van der Waals surface area (Å²) in [7, 11) is -6.08. The van der Waals surface area contributed by atoms with E-state index in [9.17, 15) is 26.4 Å². The summed E-state index contributed by atoms with van der Waals surface area (Å²) in [6.45, 7) is -0.435. The highest BCUT2D eigenvalue weighted by Gasteiger charge is 2.49. The van der Waals surface area contributed by atoms with Crippen LogP contribution in [0, 0.1) is 0 Å². The molecule has 6 nitrogen and oxygen atoms in total. The molecule has 0 aliphatic rings. The highest BCUT2D eigenvalue weighted by molar-refractivity contribution is 7.87. The molecule has 35 heavy (non-hydrogen) atoms. The molecule has 1 amide bonds. The minimum absolute atomic E-state index is 0.0418. The number of benzene rings is 3. The molecule has 3 aromatic carbocycles. The number of fused-ring (bicyclic) bond motifs is 1. The van der Waals surface area contributed by atoms with Crippen molar-refractivity contribution in [3.05, 3.63) is 102 Å². The van der Waals surface area contributed by atoms with Crippen LogP contribution in [0.1, 0.15) is 15.9 Å². The van der Waals surface area contributed by atoms with Gasteiger partial charge < -0.3 is 0 Å². The smallest absolute Gasteiger partial charge is 0.267 e. The monoisotopic (exact) mass is 500 g/mol. The average Bonchev–Trinajstić information content (AvgIpc) is 2.86. The Kier molecular flexibility index (Phi) is 6.86. The summed E-state index contributed by atoms with van der Waals surface area (Å²) in [5.74, 6) is -1.04. The Labute approximate surface area is 199 Å². The molecule has 1 aromatic heterocycles. The van der Waals surface area contributed by atoms with E-state index in [1.165, 1.54) is 6.07 Å². The number of nitrogens with zero attached hydrogens (tertiary/aromatic N) is 2. The second kappa shape index (κ2) is 9.85. The minimum Gasteiger partial charge on any atom is -0.267 e. The predicted octanol–water partition coefficient (Wildman–Crippen LogP) is 5.37. The maximum atomic E-state index is 13.5. The Morgan fingerprint density at radius 1 is 0.886 bits per heavy atom. The highest BCUT2D eigenvalue weighted by Crippen LogP contribution is 2.29. The summed E-state index contributed by atoms with van der Waals surface area (Å²) in [6, 6.07) is 25.5. The maximum Gasteiger partial charge on any atom is 0.525 e. The fraction of sp³-hybridized carbons (Fsp3) is 0.120. The normalized spacial score (nSPS) is 12.0. The lowest BCUT2D eigenvalue weighted by molar-refractivity contribution is -0.0851. The van der Waals surface area contributed by atoms with Crippen LogP contribution in [0.15, 0.2) is 91.0 Å². The standard InChI is InChI=1S/C25H19F3N2O4S/c26-25(27,28)35(32,33)34-30(16-15-18-9-3-1-4-10-18)24(31)21-17-23(19-11-5-2-6-12-19)29-22-14-8-7-13-20(21)22/h1-14,17H,15-16H2. The van der Waals surface area contributed by atoms with Gasteiger partial charge in [0.2, 0.25) is 0 Å². The third-order valence-electron chi connectivity index (χ3n) is 5.16. The lowest BCUT2D eigenvalue weighted by Crippen LogP contribution is -2.39. The SMILES string of the molecule is O=C(c1cc(-c2ccccc2)nc2ccccc12)N(CCc1ccccc1)OS(=O)(=O)C(F)(F)F. The molecule has 4 rings (SSSR count). The molecule has 0 atom stereocenters. The lowest BCUT2D eigenvalue weighted by Gasteiger charge is -2.22. The Balaban J connectivity index is 1.78. The number of hydrogen-bond donors (Lipinski definition) is 0. The van der Waals surface area contributed by atoms with Crippen molar-refractivity contribution < 1.29 is 30.7 Å². The topological polar surface area (TPSA) is 76.6 Å². The number of carbonyl (C=O) groups excluding carboxylic acids is 1. The van der Waals surface area contributed by atoms with Gasteiger partial charge in [0.15, 0.2) is 0 Å². The molecule has 0 saturated carbocycles. The van der Waals surface area contributed by atoms with Gasteiger partial charge in [0.1, 0.15) is 0 Å². The number of halogens is 3. The second-order valence-corrected chi connectivity index (χ2v) is 9.08. The van der Waals surface area contributed by atoms with E-state index in [4.69, 9.17) is 0 Å². The van der Waals surface area contributed by atoms with Crippen molar-refractivity contribution in [2.45, 2.75) is 11.9 Å². The van der Waals surface area contributed by atoms with Gasteiger partial charge in [0, 0.05) is 10.9 Å². The second-order valence-electron chi connectivity index (χ2n) is 7.56. The number of hydroxylamine groups is 2. The third kappa shape index (κ3) is 5.50. The first kappa shape index (κ1) is 24.4. The van der Waals surface area contributed by atoms with Crippen LogP contribution >= 0.6 is 0 Å². The summed E-state index contributed by atoms with van der Waals surface area (Å²) in [4.78, 5) is 18.1. The fourth-order valence-electron chi connectivity index (χ4n) is 3.45. The first-order chi connectivity index (χ1) is 16.7. The molecule has 0 saturated heterocycles. The van der Waals surface area contributed by atoms with Crippen molar-refractivity contribution in [3.8, 4) is 11.3 Å². The van der Waals surface area contributed by atoms with E-state index in [2.05, 4.69) is 9.27 Å². The molecule has 180 valence electrons. The Hall–Kier alpha value is -3.76. The number of hydrogen-bond acceptors (Lipinski definition) is 5. The van der Waals surface area contributed by atoms with Crippen LogP contribution in [0.3, 0.4) is 0 Å². The van der Waals surface area contributed by atoms with E-state index in [1.54, 1.807) is 84.9 Å². The Morgan fingerprint density at radius 2 is 1.49 bits per heavy atom. The van der Waals surface area contributed by atoms with Crippen molar-refractivity contribution >= 4 is 26.9 Å². The molecule has 10 heteroatoms. The molecule has 0 radical (unpaired) electrons.